The maximum atomic E-state index is 12.9. The van der Waals surface area contributed by atoms with Gasteiger partial charge in [-0.2, -0.15) is 0 Å². The fraction of sp³-hybridized carbons (Fsp3) is 0.684. The molecule has 3 atom stereocenters. The molecule has 1 aliphatic rings. The average Bonchev–Trinajstić information content (AvgIpc) is 2.52. The van der Waals surface area contributed by atoms with Crippen LogP contribution in [0.4, 0.5) is 5.82 Å². The van der Waals surface area contributed by atoms with Crippen molar-refractivity contribution >= 4 is 11.7 Å². The van der Waals surface area contributed by atoms with Crippen LogP contribution in [0.3, 0.4) is 0 Å². The van der Waals surface area contributed by atoms with Crippen molar-refractivity contribution < 1.29 is 9.53 Å². The minimum Gasteiger partial charge on any atom is -0.373 e. The second-order valence-electron chi connectivity index (χ2n) is 7.50. The van der Waals surface area contributed by atoms with E-state index in [-0.39, 0.29) is 30.1 Å². The number of carbonyl (C=O) groups is 1. The van der Waals surface area contributed by atoms with E-state index < -0.39 is 0 Å². The van der Waals surface area contributed by atoms with E-state index in [0.717, 1.165) is 24.5 Å². The lowest BCUT2D eigenvalue weighted by molar-refractivity contribution is -0.135. The molecule has 0 aliphatic carbocycles. The number of amides is 1. The van der Waals surface area contributed by atoms with Crippen LogP contribution in [0.15, 0.2) is 18.3 Å². The molecule has 2 heterocycles. The number of pyridine rings is 1. The molecule has 6 heteroatoms. The van der Waals surface area contributed by atoms with Gasteiger partial charge in [0, 0.05) is 45.5 Å². The molecule has 0 unspecified atom stereocenters. The van der Waals surface area contributed by atoms with Crippen LogP contribution in [0.25, 0.3) is 0 Å². The van der Waals surface area contributed by atoms with Crippen molar-refractivity contribution in [1.82, 2.24) is 15.2 Å². The molecule has 25 heavy (non-hydrogen) atoms. The van der Waals surface area contributed by atoms with E-state index in [1.54, 1.807) is 6.20 Å². The molecule has 1 saturated heterocycles. The van der Waals surface area contributed by atoms with Crippen molar-refractivity contribution in [2.75, 3.05) is 32.1 Å². The fourth-order valence-corrected chi connectivity index (χ4v) is 3.59. The first-order chi connectivity index (χ1) is 11.8. The first-order valence-corrected chi connectivity index (χ1v) is 9.08. The number of hydrogen-bond acceptors (Lipinski definition) is 5. The standard InChI is InChI=1S/C19H32N4O2/c1-13(2)17(23-11-14(3)25-15(4)12-23)19(24)21-10-16-8-7-9-20-18(16)22(5)6/h7-9,13-15,17H,10-12H2,1-6H3,(H,21,24)/t14-,15+,17-/m0/s1. The maximum absolute atomic E-state index is 12.9. The highest BCUT2D eigenvalue weighted by Crippen LogP contribution is 2.19. The van der Waals surface area contributed by atoms with Gasteiger partial charge >= 0.3 is 0 Å². The molecule has 1 aromatic rings. The first-order valence-electron chi connectivity index (χ1n) is 9.08. The molecular weight excluding hydrogens is 316 g/mol. The van der Waals surface area contributed by atoms with Crippen LogP contribution in [-0.4, -0.2) is 61.2 Å². The molecule has 1 aromatic heterocycles. The summed E-state index contributed by atoms with van der Waals surface area (Å²) in [6.45, 7) is 10.4. The molecule has 140 valence electrons. The summed E-state index contributed by atoms with van der Waals surface area (Å²) in [5.41, 5.74) is 1.02. The molecule has 2 rings (SSSR count). The van der Waals surface area contributed by atoms with E-state index in [1.807, 2.05) is 31.1 Å². The van der Waals surface area contributed by atoms with E-state index in [2.05, 4.69) is 42.9 Å². The molecule has 0 saturated carbocycles. The van der Waals surface area contributed by atoms with Gasteiger partial charge < -0.3 is 15.0 Å². The SMILES string of the molecule is CC(C)[C@@H](C(=O)NCc1cccnc1N(C)C)N1C[C@@H](C)O[C@@H](C)C1. The van der Waals surface area contributed by atoms with Crippen LogP contribution in [0, 0.1) is 5.92 Å². The summed E-state index contributed by atoms with van der Waals surface area (Å²) in [5, 5.41) is 3.11. The van der Waals surface area contributed by atoms with Gasteiger partial charge in [0.15, 0.2) is 0 Å². The van der Waals surface area contributed by atoms with Crippen molar-refractivity contribution in [2.45, 2.75) is 52.5 Å². The average molecular weight is 348 g/mol. The largest absolute Gasteiger partial charge is 0.373 e. The first kappa shape index (κ1) is 19.7. The topological polar surface area (TPSA) is 57.7 Å². The number of hydrogen-bond donors (Lipinski definition) is 1. The molecule has 0 radical (unpaired) electrons. The third kappa shape index (κ3) is 5.16. The summed E-state index contributed by atoms with van der Waals surface area (Å²) in [5.74, 6) is 1.20. The van der Waals surface area contributed by atoms with E-state index >= 15 is 0 Å². The number of carbonyl (C=O) groups excluding carboxylic acids is 1. The van der Waals surface area contributed by atoms with E-state index in [1.165, 1.54) is 0 Å². The Morgan fingerprint density at radius 3 is 2.56 bits per heavy atom. The number of rotatable bonds is 6. The quantitative estimate of drug-likeness (QED) is 0.851. The molecule has 1 N–H and O–H groups in total. The highest BCUT2D eigenvalue weighted by Gasteiger charge is 2.34. The van der Waals surface area contributed by atoms with Gasteiger partial charge in [-0.25, -0.2) is 4.98 Å². The molecule has 0 spiro atoms. The van der Waals surface area contributed by atoms with Crippen molar-refractivity contribution in [3.8, 4) is 0 Å². The van der Waals surface area contributed by atoms with Gasteiger partial charge in [0.25, 0.3) is 0 Å². The molecule has 1 fully saturated rings. The van der Waals surface area contributed by atoms with Gasteiger partial charge in [0.05, 0.1) is 18.2 Å². The second-order valence-corrected chi connectivity index (χ2v) is 7.50. The lowest BCUT2D eigenvalue weighted by Crippen LogP contribution is -2.56. The lowest BCUT2D eigenvalue weighted by Gasteiger charge is -2.41. The van der Waals surface area contributed by atoms with Gasteiger partial charge in [-0.1, -0.05) is 19.9 Å². The summed E-state index contributed by atoms with van der Waals surface area (Å²) < 4.78 is 5.81. The summed E-state index contributed by atoms with van der Waals surface area (Å²) >= 11 is 0. The van der Waals surface area contributed by atoms with Crippen molar-refractivity contribution in [3.63, 3.8) is 0 Å². The van der Waals surface area contributed by atoms with Crippen LogP contribution in [0.1, 0.15) is 33.3 Å². The highest BCUT2D eigenvalue weighted by molar-refractivity contribution is 5.82. The third-order valence-corrected chi connectivity index (χ3v) is 4.49. The number of nitrogens with one attached hydrogen (secondary N) is 1. The van der Waals surface area contributed by atoms with Crippen molar-refractivity contribution in [2.24, 2.45) is 5.92 Å². The summed E-state index contributed by atoms with van der Waals surface area (Å²) in [6, 6.07) is 3.76. The molecule has 0 aromatic carbocycles. The number of ether oxygens (including phenoxy) is 1. The van der Waals surface area contributed by atoms with Crippen LogP contribution in [0.5, 0.6) is 0 Å². The Bertz CT molecular complexity index is 566. The van der Waals surface area contributed by atoms with Crippen LogP contribution in [0.2, 0.25) is 0 Å². The Balaban J connectivity index is 2.06. The Morgan fingerprint density at radius 2 is 2.00 bits per heavy atom. The number of aromatic nitrogens is 1. The minimum absolute atomic E-state index is 0.0739. The molecule has 6 nitrogen and oxygen atoms in total. The zero-order chi connectivity index (χ0) is 18.6. The highest BCUT2D eigenvalue weighted by atomic mass is 16.5. The number of nitrogens with zero attached hydrogens (tertiary/aromatic N) is 3. The molecule has 0 bridgehead atoms. The van der Waals surface area contributed by atoms with Gasteiger partial charge in [-0.3, -0.25) is 9.69 Å². The van der Waals surface area contributed by atoms with Gasteiger partial charge in [-0.05, 0) is 25.8 Å². The molecule has 1 amide bonds. The predicted molar refractivity (Wildman–Crippen MR) is 101 cm³/mol. The van der Waals surface area contributed by atoms with Crippen LogP contribution in [-0.2, 0) is 16.1 Å². The summed E-state index contributed by atoms with van der Waals surface area (Å²) in [4.78, 5) is 21.5. The Morgan fingerprint density at radius 1 is 1.36 bits per heavy atom. The predicted octanol–water partition coefficient (Wildman–Crippen LogP) is 1.90. The summed E-state index contributed by atoms with van der Waals surface area (Å²) in [7, 11) is 3.92. The molecular formula is C19H32N4O2. The van der Waals surface area contributed by atoms with Crippen molar-refractivity contribution in [3.05, 3.63) is 23.9 Å². The number of morpholine rings is 1. The van der Waals surface area contributed by atoms with Crippen LogP contribution >= 0.6 is 0 Å². The zero-order valence-corrected chi connectivity index (χ0v) is 16.3. The van der Waals surface area contributed by atoms with Gasteiger partial charge in [0.2, 0.25) is 5.91 Å². The zero-order valence-electron chi connectivity index (χ0n) is 16.3. The summed E-state index contributed by atoms with van der Waals surface area (Å²) in [6.07, 6.45) is 2.07. The Hall–Kier alpha value is -1.66. The van der Waals surface area contributed by atoms with Gasteiger partial charge in [-0.15, -0.1) is 0 Å². The Kier molecular flexibility index (Phi) is 6.79. The Labute approximate surface area is 151 Å². The fourth-order valence-electron chi connectivity index (χ4n) is 3.59. The smallest absolute Gasteiger partial charge is 0.237 e. The van der Waals surface area contributed by atoms with E-state index in [4.69, 9.17) is 4.74 Å². The normalized spacial score (nSPS) is 22.7. The van der Waals surface area contributed by atoms with E-state index in [9.17, 15) is 4.79 Å². The minimum atomic E-state index is -0.145. The number of anilines is 1. The van der Waals surface area contributed by atoms with Crippen molar-refractivity contribution in [1.29, 1.82) is 0 Å². The second kappa shape index (κ2) is 8.63. The van der Waals surface area contributed by atoms with Crippen LogP contribution < -0.4 is 10.2 Å². The van der Waals surface area contributed by atoms with Gasteiger partial charge in [0.1, 0.15) is 5.82 Å². The maximum Gasteiger partial charge on any atom is 0.237 e. The third-order valence-electron chi connectivity index (χ3n) is 4.49. The monoisotopic (exact) mass is 348 g/mol. The lowest BCUT2D eigenvalue weighted by atomic mass is 9.99. The van der Waals surface area contributed by atoms with E-state index in [0.29, 0.717) is 6.54 Å². The molecule has 1 aliphatic heterocycles.